The molecular formula is C10H8O2S2. The molecule has 0 unspecified atom stereocenters. The van der Waals surface area contributed by atoms with Crippen LogP contribution in [0.15, 0.2) is 24.3 Å². The van der Waals surface area contributed by atoms with Crippen molar-refractivity contribution in [2.75, 3.05) is 7.11 Å². The quantitative estimate of drug-likeness (QED) is 0.794. The van der Waals surface area contributed by atoms with Crippen molar-refractivity contribution in [2.45, 2.75) is 0 Å². The average molecular weight is 224 g/mol. The van der Waals surface area contributed by atoms with Gasteiger partial charge in [0.05, 0.1) is 12.0 Å². The summed E-state index contributed by atoms with van der Waals surface area (Å²) >= 11 is 5.23. The third-order valence-electron chi connectivity index (χ3n) is 1.93. The first-order chi connectivity index (χ1) is 6.70. The number of fused-ring (bicyclic) bond motifs is 1. The molecule has 0 N–H and O–H groups in total. The minimum atomic E-state index is -0.190. The van der Waals surface area contributed by atoms with Crippen LogP contribution >= 0.6 is 24.0 Å². The minimum absolute atomic E-state index is 0.190. The number of thiophene rings is 1. The summed E-state index contributed by atoms with van der Waals surface area (Å²) in [6.45, 7) is 0. The third-order valence-corrected chi connectivity index (χ3v) is 3.44. The lowest BCUT2D eigenvalue weighted by Crippen LogP contribution is -1.80. The fraction of sp³-hybridized carbons (Fsp3) is 0.100. The lowest BCUT2D eigenvalue weighted by atomic mass is 10.2. The van der Waals surface area contributed by atoms with Crippen molar-refractivity contribution in [1.29, 1.82) is 0 Å². The Morgan fingerprint density at radius 1 is 1.43 bits per heavy atom. The van der Waals surface area contributed by atoms with Gasteiger partial charge in [0.15, 0.2) is 0 Å². The highest BCUT2D eigenvalue weighted by Crippen LogP contribution is 2.29. The summed E-state index contributed by atoms with van der Waals surface area (Å²) in [5, 5.41) is 0.830. The van der Waals surface area contributed by atoms with Crippen molar-refractivity contribution in [3.05, 3.63) is 29.1 Å². The molecule has 0 spiro atoms. The zero-order valence-electron chi connectivity index (χ0n) is 7.48. The average Bonchev–Trinajstić information content (AvgIpc) is 2.59. The number of thiol groups is 1. The van der Waals surface area contributed by atoms with Gasteiger partial charge in [-0.25, -0.2) is 0 Å². The largest absolute Gasteiger partial charge is 0.497 e. The molecule has 0 fully saturated rings. The van der Waals surface area contributed by atoms with E-state index < -0.39 is 0 Å². The first-order valence-corrected chi connectivity index (χ1v) is 5.28. The van der Waals surface area contributed by atoms with Crippen LogP contribution in [-0.2, 0) is 0 Å². The summed E-state index contributed by atoms with van der Waals surface area (Å²) in [5.41, 5.74) is 0. The maximum atomic E-state index is 11.0. The first kappa shape index (κ1) is 9.55. The van der Waals surface area contributed by atoms with Crippen LogP contribution in [0.2, 0.25) is 0 Å². The first-order valence-electron chi connectivity index (χ1n) is 4.01. The van der Waals surface area contributed by atoms with Gasteiger partial charge in [-0.1, -0.05) is 12.6 Å². The van der Waals surface area contributed by atoms with Gasteiger partial charge in [-0.3, -0.25) is 4.79 Å². The molecule has 14 heavy (non-hydrogen) atoms. The second-order valence-corrected chi connectivity index (χ2v) is 4.31. The molecular weight excluding hydrogens is 216 g/mol. The van der Waals surface area contributed by atoms with E-state index in [1.54, 1.807) is 7.11 Å². The van der Waals surface area contributed by atoms with Gasteiger partial charge in [0.2, 0.25) is 5.12 Å². The molecule has 4 heteroatoms. The van der Waals surface area contributed by atoms with Crippen molar-refractivity contribution in [1.82, 2.24) is 0 Å². The number of carbonyl (C=O) groups is 1. The van der Waals surface area contributed by atoms with Gasteiger partial charge in [-0.2, -0.15) is 0 Å². The summed E-state index contributed by atoms with van der Waals surface area (Å²) in [6, 6.07) is 7.56. The topological polar surface area (TPSA) is 26.3 Å². The van der Waals surface area contributed by atoms with Crippen molar-refractivity contribution in [2.24, 2.45) is 0 Å². The smallest absolute Gasteiger partial charge is 0.226 e. The second kappa shape index (κ2) is 3.63. The molecule has 2 aromatic rings. The maximum Gasteiger partial charge on any atom is 0.226 e. The number of methoxy groups -OCH3 is 1. The molecule has 0 atom stereocenters. The van der Waals surface area contributed by atoms with E-state index >= 15 is 0 Å². The molecule has 0 aliphatic heterocycles. The van der Waals surface area contributed by atoms with Crippen molar-refractivity contribution < 1.29 is 9.53 Å². The normalized spacial score (nSPS) is 10.4. The van der Waals surface area contributed by atoms with Gasteiger partial charge >= 0.3 is 0 Å². The minimum Gasteiger partial charge on any atom is -0.497 e. The van der Waals surface area contributed by atoms with Crippen molar-refractivity contribution in [3.8, 4) is 5.75 Å². The fourth-order valence-electron chi connectivity index (χ4n) is 1.25. The third kappa shape index (κ3) is 1.63. The SMILES string of the molecule is COc1ccc2sc(C(=O)S)cc2c1. The van der Waals surface area contributed by atoms with Gasteiger partial charge in [0.25, 0.3) is 0 Å². The molecule has 0 aliphatic rings. The maximum absolute atomic E-state index is 11.0. The van der Waals surface area contributed by atoms with Crippen molar-refractivity contribution in [3.63, 3.8) is 0 Å². The van der Waals surface area contributed by atoms with Crippen LogP contribution in [0.1, 0.15) is 9.67 Å². The molecule has 1 heterocycles. The van der Waals surface area contributed by atoms with Gasteiger partial charge < -0.3 is 4.74 Å². The van der Waals surface area contributed by atoms with Crippen LogP contribution in [0.5, 0.6) is 5.75 Å². The van der Waals surface area contributed by atoms with E-state index in [9.17, 15) is 4.79 Å². The predicted molar refractivity (Wildman–Crippen MR) is 61.7 cm³/mol. The van der Waals surface area contributed by atoms with Gasteiger partial charge in [0, 0.05) is 4.70 Å². The predicted octanol–water partition coefficient (Wildman–Crippen LogP) is 2.98. The summed E-state index contributed by atoms with van der Waals surface area (Å²) < 4.78 is 6.17. The Morgan fingerprint density at radius 3 is 2.86 bits per heavy atom. The summed E-state index contributed by atoms with van der Waals surface area (Å²) in [6.07, 6.45) is 0. The lowest BCUT2D eigenvalue weighted by Gasteiger charge is -1.97. The lowest BCUT2D eigenvalue weighted by molar-refractivity contribution is 0.109. The van der Waals surface area contributed by atoms with E-state index in [4.69, 9.17) is 4.74 Å². The van der Waals surface area contributed by atoms with Crippen LogP contribution in [0, 0.1) is 0 Å². The molecule has 0 bridgehead atoms. The van der Waals surface area contributed by atoms with E-state index in [2.05, 4.69) is 12.6 Å². The molecule has 1 aromatic carbocycles. The summed E-state index contributed by atoms with van der Waals surface area (Å²) in [4.78, 5) is 11.7. The highest BCUT2D eigenvalue weighted by Gasteiger charge is 2.06. The Bertz CT molecular complexity index is 488. The zero-order valence-corrected chi connectivity index (χ0v) is 9.19. The zero-order chi connectivity index (χ0) is 10.1. The van der Waals surface area contributed by atoms with E-state index in [-0.39, 0.29) is 5.12 Å². The van der Waals surface area contributed by atoms with Crippen LogP contribution < -0.4 is 4.74 Å². The van der Waals surface area contributed by atoms with E-state index in [1.165, 1.54) is 11.3 Å². The Hall–Kier alpha value is -1.00. The van der Waals surface area contributed by atoms with Gasteiger partial charge in [-0.05, 0) is 29.7 Å². The van der Waals surface area contributed by atoms with Crippen LogP contribution in [-0.4, -0.2) is 12.2 Å². The van der Waals surface area contributed by atoms with Crippen LogP contribution in [0.25, 0.3) is 10.1 Å². The molecule has 0 aliphatic carbocycles. The number of hydrogen-bond donors (Lipinski definition) is 1. The number of ether oxygens (including phenoxy) is 1. The number of benzene rings is 1. The van der Waals surface area contributed by atoms with E-state index in [0.717, 1.165) is 15.8 Å². The Kier molecular flexibility index (Phi) is 2.48. The number of carbonyl (C=O) groups excluding carboxylic acids is 1. The molecule has 72 valence electrons. The molecule has 0 saturated carbocycles. The molecule has 0 saturated heterocycles. The molecule has 0 radical (unpaired) electrons. The monoisotopic (exact) mass is 224 g/mol. The standard InChI is InChI=1S/C10H8O2S2/c1-12-7-2-3-8-6(4-7)5-9(14-8)10(11)13/h2-5H,1H3,(H,11,13). The van der Waals surface area contributed by atoms with Gasteiger partial charge in [-0.15, -0.1) is 11.3 Å². The molecule has 1 aromatic heterocycles. The Labute approximate surface area is 90.9 Å². The molecule has 2 nitrogen and oxygen atoms in total. The van der Waals surface area contributed by atoms with Crippen LogP contribution in [0.3, 0.4) is 0 Å². The highest BCUT2D eigenvalue weighted by molar-refractivity contribution is 7.97. The van der Waals surface area contributed by atoms with Crippen molar-refractivity contribution >= 4 is 39.2 Å². The number of rotatable bonds is 2. The van der Waals surface area contributed by atoms with Crippen LogP contribution in [0.4, 0.5) is 0 Å². The second-order valence-electron chi connectivity index (χ2n) is 2.82. The molecule has 2 rings (SSSR count). The van der Waals surface area contributed by atoms with E-state index in [1.807, 2.05) is 24.3 Å². The Balaban J connectivity index is 2.60. The highest BCUT2D eigenvalue weighted by atomic mass is 32.1. The Morgan fingerprint density at radius 2 is 2.21 bits per heavy atom. The van der Waals surface area contributed by atoms with Gasteiger partial charge in [0.1, 0.15) is 5.75 Å². The number of hydrogen-bond acceptors (Lipinski definition) is 3. The molecule has 0 amide bonds. The summed E-state index contributed by atoms with van der Waals surface area (Å²) in [5.74, 6) is 0.800. The fourth-order valence-corrected chi connectivity index (χ4v) is 2.34. The van der Waals surface area contributed by atoms with E-state index in [0.29, 0.717) is 4.88 Å². The summed E-state index contributed by atoms with van der Waals surface area (Å²) in [7, 11) is 1.62.